The minimum atomic E-state index is -0.882. The molecule has 2 amide bonds. The Kier molecular flexibility index (Phi) is 4.88. The van der Waals surface area contributed by atoms with Gasteiger partial charge >= 0.3 is 0 Å². The molecule has 3 aromatic rings. The van der Waals surface area contributed by atoms with Crippen molar-refractivity contribution in [3.8, 4) is 11.3 Å². The second-order valence-electron chi connectivity index (χ2n) is 7.20. The molecule has 1 fully saturated rings. The van der Waals surface area contributed by atoms with Gasteiger partial charge in [-0.3, -0.25) is 9.59 Å². The van der Waals surface area contributed by atoms with Gasteiger partial charge in [0, 0.05) is 29.6 Å². The van der Waals surface area contributed by atoms with E-state index in [4.69, 9.17) is 0 Å². The van der Waals surface area contributed by atoms with Crippen LogP contribution in [0.25, 0.3) is 22.2 Å². The highest BCUT2D eigenvalue weighted by Gasteiger charge is 2.34. The molecule has 1 saturated heterocycles. The lowest BCUT2D eigenvalue weighted by atomic mass is 10.00. The fraction of sp³-hybridized carbons (Fsp3) is 0.273. The lowest BCUT2D eigenvalue weighted by Gasteiger charge is -2.13. The highest BCUT2D eigenvalue weighted by molar-refractivity contribution is 5.94. The number of aliphatic hydroxyl groups excluding tert-OH is 1. The number of β-amino-alcohol motifs (C(OH)–C–C–N with tert-alkyl or cyclic N) is 1. The molecule has 0 aliphatic carbocycles. The van der Waals surface area contributed by atoms with E-state index in [1.54, 1.807) is 0 Å². The van der Waals surface area contributed by atoms with Crippen molar-refractivity contribution in [2.75, 3.05) is 6.54 Å². The molecule has 4 rings (SSSR count). The molecule has 0 radical (unpaired) electrons. The van der Waals surface area contributed by atoms with E-state index in [0.29, 0.717) is 6.42 Å². The summed E-state index contributed by atoms with van der Waals surface area (Å²) < 4.78 is 0. The monoisotopic (exact) mass is 377 g/mol. The van der Waals surface area contributed by atoms with Crippen LogP contribution in [0, 0.1) is 6.92 Å². The van der Waals surface area contributed by atoms with E-state index in [1.165, 1.54) is 0 Å². The molecule has 2 atom stereocenters. The van der Waals surface area contributed by atoms with Gasteiger partial charge in [0.2, 0.25) is 11.8 Å². The van der Waals surface area contributed by atoms with Gasteiger partial charge in [-0.15, -0.1) is 0 Å². The normalized spacial score (nSPS) is 19.0. The van der Waals surface area contributed by atoms with Crippen molar-refractivity contribution in [1.82, 2.24) is 15.6 Å². The summed E-state index contributed by atoms with van der Waals surface area (Å²) in [5, 5.41) is 16.1. The summed E-state index contributed by atoms with van der Waals surface area (Å²) in [6.45, 7) is 2.23. The average molecular weight is 377 g/mol. The van der Waals surface area contributed by atoms with Crippen LogP contribution in [0.4, 0.5) is 0 Å². The van der Waals surface area contributed by atoms with Gasteiger partial charge in [0.25, 0.3) is 0 Å². The topological polar surface area (TPSA) is 94.2 Å². The van der Waals surface area contributed by atoms with E-state index in [1.807, 2.05) is 36.4 Å². The lowest BCUT2D eigenvalue weighted by molar-refractivity contribution is -0.128. The fourth-order valence-electron chi connectivity index (χ4n) is 3.78. The molecule has 144 valence electrons. The Labute approximate surface area is 163 Å². The molecule has 4 N–H and O–H groups in total. The van der Waals surface area contributed by atoms with Crippen molar-refractivity contribution >= 4 is 22.7 Å². The lowest BCUT2D eigenvalue weighted by Crippen LogP contribution is -2.45. The second-order valence-corrected chi connectivity index (χ2v) is 7.20. The molecule has 1 aromatic heterocycles. The zero-order valence-corrected chi connectivity index (χ0v) is 15.7. The van der Waals surface area contributed by atoms with Gasteiger partial charge in [-0.2, -0.15) is 0 Å². The standard InChI is InChI=1S/C22H23N3O3/c1-13-6-5-9-15-16(20(25-19(13)15)14-7-3-2-4-8-14)10-11-18(27)24-21-17(26)12-23-22(21)28/h2-9,17,21,25-26H,10-12H2,1H3,(H,23,28)(H,24,27)/t17-,21+/m1/s1. The third kappa shape index (κ3) is 3.39. The summed E-state index contributed by atoms with van der Waals surface area (Å²) in [6, 6.07) is 15.3. The molecule has 0 bridgehead atoms. The third-order valence-electron chi connectivity index (χ3n) is 5.28. The molecule has 28 heavy (non-hydrogen) atoms. The number of aromatic nitrogens is 1. The van der Waals surface area contributed by atoms with Crippen LogP contribution in [0.5, 0.6) is 0 Å². The van der Waals surface area contributed by atoms with Crippen LogP contribution in [0.1, 0.15) is 17.5 Å². The fourth-order valence-corrected chi connectivity index (χ4v) is 3.78. The molecule has 1 aliphatic heterocycles. The van der Waals surface area contributed by atoms with Crippen LogP contribution < -0.4 is 10.6 Å². The van der Waals surface area contributed by atoms with E-state index in [9.17, 15) is 14.7 Å². The molecular formula is C22H23N3O3. The summed E-state index contributed by atoms with van der Waals surface area (Å²) in [5.74, 6) is -0.587. The molecule has 0 saturated carbocycles. The van der Waals surface area contributed by atoms with Gasteiger partial charge in [-0.25, -0.2) is 0 Å². The maximum absolute atomic E-state index is 12.4. The molecule has 1 aliphatic rings. The van der Waals surface area contributed by atoms with Crippen molar-refractivity contribution < 1.29 is 14.7 Å². The first-order valence-corrected chi connectivity index (χ1v) is 9.45. The zero-order valence-electron chi connectivity index (χ0n) is 15.7. The van der Waals surface area contributed by atoms with Crippen LogP contribution in [0.3, 0.4) is 0 Å². The van der Waals surface area contributed by atoms with Crippen molar-refractivity contribution in [2.24, 2.45) is 0 Å². The van der Waals surface area contributed by atoms with Gasteiger partial charge < -0.3 is 20.7 Å². The summed E-state index contributed by atoms with van der Waals surface area (Å²) >= 11 is 0. The quantitative estimate of drug-likeness (QED) is 0.548. The first-order chi connectivity index (χ1) is 13.5. The Morgan fingerprint density at radius 1 is 1.18 bits per heavy atom. The first kappa shape index (κ1) is 18.3. The number of aromatic amines is 1. The second kappa shape index (κ2) is 7.48. The van der Waals surface area contributed by atoms with Crippen LogP contribution in [-0.2, 0) is 16.0 Å². The number of benzene rings is 2. The molecule has 6 nitrogen and oxygen atoms in total. The molecule has 2 aromatic carbocycles. The van der Waals surface area contributed by atoms with Gasteiger partial charge in [0.1, 0.15) is 12.1 Å². The van der Waals surface area contributed by atoms with Gasteiger partial charge in [0.05, 0.1) is 0 Å². The maximum Gasteiger partial charge on any atom is 0.245 e. The van der Waals surface area contributed by atoms with E-state index in [0.717, 1.165) is 33.3 Å². The molecule has 0 spiro atoms. The third-order valence-corrected chi connectivity index (χ3v) is 5.28. The predicted molar refractivity (Wildman–Crippen MR) is 108 cm³/mol. The summed E-state index contributed by atoms with van der Waals surface area (Å²) in [6.07, 6.45) is -0.117. The smallest absolute Gasteiger partial charge is 0.245 e. The van der Waals surface area contributed by atoms with Gasteiger partial charge in [-0.05, 0) is 30.0 Å². The summed E-state index contributed by atoms with van der Waals surface area (Å²) in [5.41, 5.74) is 5.38. The Balaban J connectivity index is 1.60. The number of H-pyrrole nitrogens is 1. The summed E-state index contributed by atoms with van der Waals surface area (Å²) in [7, 11) is 0. The van der Waals surface area contributed by atoms with E-state index in [-0.39, 0.29) is 24.8 Å². The number of hydrogen-bond donors (Lipinski definition) is 4. The Bertz CT molecular complexity index is 1030. The minimum absolute atomic E-state index is 0.170. The Morgan fingerprint density at radius 2 is 1.96 bits per heavy atom. The van der Waals surface area contributed by atoms with Gasteiger partial charge in [0.15, 0.2) is 0 Å². The van der Waals surface area contributed by atoms with E-state index >= 15 is 0 Å². The molecular weight excluding hydrogens is 354 g/mol. The van der Waals surface area contributed by atoms with Crippen LogP contribution in [0.15, 0.2) is 48.5 Å². The van der Waals surface area contributed by atoms with Crippen molar-refractivity contribution in [3.05, 3.63) is 59.7 Å². The van der Waals surface area contributed by atoms with Gasteiger partial charge in [-0.1, -0.05) is 48.5 Å². The first-order valence-electron chi connectivity index (χ1n) is 9.45. The number of nitrogens with one attached hydrogen (secondary N) is 3. The number of para-hydroxylation sites is 1. The van der Waals surface area contributed by atoms with Crippen LogP contribution in [0.2, 0.25) is 0 Å². The predicted octanol–water partition coefficient (Wildman–Crippen LogP) is 2.05. The van der Waals surface area contributed by atoms with Crippen molar-refractivity contribution in [3.63, 3.8) is 0 Å². The number of carbonyl (C=O) groups is 2. The highest BCUT2D eigenvalue weighted by Crippen LogP contribution is 2.32. The number of fused-ring (bicyclic) bond motifs is 1. The molecule has 2 heterocycles. The molecule has 6 heteroatoms. The Hall–Kier alpha value is -3.12. The largest absolute Gasteiger partial charge is 0.389 e. The number of carbonyl (C=O) groups excluding carboxylic acids is 2. The number of amides is 2. The van der Waals surface area contributed by atoms with Crippen LogP contribution >= 0.6 is 0 Å². The summed E-state index contributed by atoms with van der Waals surface area (Å²) in [4.78, 5) is 27.7. The van der Waals surface area contributed by atoms with Crippen LogP contribution in [-0.4, -0.2) is 40.6 Å². The van der Waals surface area contributed by atoms with E-state index < -0.39 is 12.1 Å². The number of aryl methyl sites for hydroxylation is 2. The Morgan fingerprint density at radius 3 is 2.68 bits per heavy atom. The van der Waals surface area contributed by atoms with E-state index in [2.05, 4.69) is 34.7 Å². The highest BCUT2D eigenvalue weighted by atomic mass is 16.3. The average Bonchev–Trinajstić information content (AvgIpc) is 3.23. The van der Waals surface area contributed by atoms with Crippen molar-refractivity contribution in [2.45, 2.75) is 31.9 Å². The zero-order chi connectivity index (χ0) is 19.7. The molecule has 0 unspecified atom stereocenters. The maximum atomic E-state index is 12.4. The number of hydrogen-bond acceptors (Lipinski definition) is 3. The SMILES string of the molecule is Cc1cccc2c(CCC(=O)N[C@@H]3C(=O)NC[C@H]3O)c(-c3ccccc3)[nH]c12. The number of rotatable bonds is 5. The van der Waals surface area contributed by atoms with Crippen molar-refractivity contribution in [1.29, 1.82) is 0 Å². The number of aliphatic hydroxyl groups is 1. The minimum Gasteiger partial charge on any atom is -0.389 e.